The maximum absolute atomic E-state index is 13.8. The van der Waals surface area contributed by atoms with Crippen molar-refractivity contribution in [1.29, 1.82) is 0 Å². The molecule has 1 saturated carbocycles. The Hall–Kier alpha value is -1.42. The van der Waals surface area contributed by atoms with E-state index in [2.05, 4.69) is 9.64 Å². The fraction of sp³-hybridized carbons (Fsp3) is 0.533. The van der Waals surface area contributed by atoms with E-state index in [0.29, 0.717) is 6.04 Å². The molecule has 1 aromatic rings. The summed E-state index contributed by atoms with van der Waals surface area (Å²) in [5.41, 5.74) is 0.937. The minimum absolute atomic E-state index is 0.00851. The molecular formula is C15H18FNO2. The number of esters is 1. The van der Waals surface area contributed by atoms with Crippen molar-refractivity contribution in [2.45, 2.75) is 31.8 Å². The van der Waals surface area contributed by atoms with Crippen molar-refractivity contribution in [2.24, 2.45) is 5.92 Å². The van der Waals surface area contributed by atoms with Crippen LogP contribution in [0, 0.1) is 11.7 Å². The topological polar surface area (TPSA) is 29.5 Å². The molecule has 3 rings (SSSR count). The number of piperidine rings is 1. The lowest BCUT2D eigenvalue weighted by molar-refractivity contribution is 0.0595. The monoisotopic (exact) mass is 263 g/mol. The molecule has 2 unspecified atom stereocenters. The standard InChI is InChI=1S/C15H18FNO2/c1-19-15(18)13-5-3-11(7-14(13)16)9-17-8-10-2-4-12(17)6-10/h3,5,7,10,12H,2,4,6,8-9H2,1H3. The molecule has 0 amide bonds. The average molecular weight is 263 g/mol. The van der Waals surface area contributed by atoms with Gasteiger partial charge >= 0.3 is 5.97 Å². The summed E-state index contributed by atoms with van der Waals surface area (Å²) in [6.07, 6.45) is 3.91. The van der Waals surface area contributed by atoms with Crippen LogP contribution in [0.5, 0.6) is 0 Å². The number of nitrogens with zero attached hydrogens (tertiary/aromatic N) is 1. The van der Waals surface area contributed by atoms with Crippen molar-refractivity contribution in [3.05, 3.63) is 35.1 Å². The SMILES string of the molecule is COC(=O)c1ccc(CN2CC3CCC2C3)cc1F. The third kappa shape index (κ3) is 2.37. The van der Waals surface area contributed by atoms with Gasteiger partial charge in [0.25, 0.3) is 0 Å². The molecule has 0 aromatic heterocycles. The van der Waals surface area contributed by atoms with Crippen molar-refractivity contribution in [1.82, 2.24) is 4.90 Å². The highest BCUT2D eigenvalue weighted by molar-refractivity contribution is 5.89. The fourth-order valence-corrected chi connectivity index (χ4v) is 3.39. The van der Waals surface area contributed by atoms with Crippen molar-refractivity contribution in [2.75, 3.05) is 13.7 Å². The van der Waals surface area contributed by atoms with Crippen LogP contribution in [0.3, 0.4) is 0 Å². The third-order valence-corrected chi connectivity index (χ3v) is 4.35. The summed E-state index contributed by atoms with van der Waals surface area (Å²) < 4.78 is 18.4. The Morgan fingerprint density at radius 1 is 1.47 bits per heavy atom. The van der Waals surface area contributed by atoms with E-state index in [1.54, 1.807) is 0 Å². The van der Waals surface area contributed by atoms with E-state index in [1.807, 2.05) is 6.07 Å². The zero-order valence-electron chi connectivity index (χ0n) is 11.1. The Balaban J connectivity index is 1.72. The van der Waals surface area contributed by atoms with Crippen LogP contribution in [0.15, 0.2) is 18.2 Å². The molecular weight excluding hydrogens is 245 g/mol. The van der Waals surface area contributed by atoms with Gasteiger partial charge in [-0.1, -0.05) is 6.07 Å². The highest BCUT2D eigenvalue weighted by Gasteiger charge is 2.37. The highest BCUT2D eigenvalue weighted by atomic mass is 19.1. The Labute approximate surface area is 112 Å². The summed E-state index contributed by atoms with van der Waals surface area (Å²) in [5, 5.41) is 0. The predicted octanol–water partition coefficient (Wildman–Crippen LogP) is 2.60. The summed E-state index contributed by atoms with van der Waals surface area (Å²) in [7, 11) is 1.26. The Bertz CT molecular complexity index is 503. The molecule has 1 aliphatic heterocycles. The maximum atomic E-state index is 13.8. The van der Waals surface area contributed by atoms with E-state index in [-0.39, 0.29) is 5.56 Å². The lowest BCUT2D eigenvalue weighted by Gasteiger charge is -2.26. The van der Waals surface area contributed by atoms with Crippen molar-refractivity contribution in [3.63, 3.8) is 0 Å². The second-order valence-corrected chi connectivity index (χ2v) is 5.57. The van der Waals surface area contributed by atoms with E-state index in [0.717, 1.165) is 24.6 Å². The van der Waals surface area contributed by atoms with Crippen LogP contribution in [0.2, 0.25) is 0 Å². The van der Waals surface area contributed by atoms with Gasteiger partial charge in [0.1, 0.15) is 5.82 Å². The quantitative estimate of drug-likeness (QED) is 0.785. The summed E-state index contributed by atoms with van der Waals surface area (Å²) in [5.74, 6) is -0.276. The van der Waals surface area contributed by atoms with Crippen LogP contribution in [0.25, 0.3) is 0 Å². The minimum atomic E-state index is -0.621. The van der Waals surface area contributed by atoms with E-state index < -0.39 is 11.8 Å². The van der Waals surface area contributed by atoms with Crippen LogP contribution in [0.4, 0.5) is 4.39 Å². The van der Waals surface area contributed by atoms with Gasteiger partial charge < -0.3 is 4.74 Å². The molecule has 1 heterocycles. The lowest BCUT2D eigenvalue weighted by atomic mass is 10.1. The maximum Gasteiger partial charge on any atom is 0.340 e. The van der Waals surface area contributed by atoms with Crippen molar-refractivity contribution >= 4 is 5.97 Å². The van der Waals surface area contributed by atoms with E-state index in [9.17, 15) is 9.18 Å². The van der Waals surface area contributed by atoms with Gasteiger partial charge in [-0.2, -0.15) is 0 Å². The van der Waals surface area contributed by atoms with Crippen LogP contribution in [-0.4, -0.2) is 30.6 Å². The number of ether oxygens (including phenoxy) is 1. The van der Waals surface area contributed by atoms with Crippen LogP contribution in [0.1, 0.15) is 35.2 Å². The highest BCUT2D eigenvalue weighted by Crippen LogP contribution is 2.38. The fourth-order valence-electron chi connectivity index (χ4n) is 3.39. The normalized spacial score (nSPS) is 25.8. The number of hydrogen-bond donors (Lipinski definition) is 0. The average Bonchev–Trinajstić information content (AvgIpc) is 3.00. The van der Waals surface area contributed by atoms with Crippen LogP contribution < -0.4 is 0 Å². The number of benzene rings is 1. The molecule has 0 spiro atoms. The van der Waals surface area contributed by atoms with Gasteiger partial charge in [-0.15, -0.1) is 0 Å². The van der Waals surface area contributed by atoms with Gasteiger partial charge in [0.15, 0.2) is 0 Å². The first-order valence-electron chi connectivity index (χ1n) is 6.78. The first-order chi connectivity index (χ1) is 9.17. The molecule has 2 bridgehead atoms. The number of methoxy groups -OCH3 is 1. The second kappa shape index (κ2) is 4.93. The molecule has 19 heavy (non-hydrogen) atoms. The number of likely N-dealkylation sites (tertiary alicyclic amines) is 1. The van der Waals surface area contributed by atoms with Gasteiger partial charge in [-0.25, -0.2) is 9.18 Å². The number of hydrogen-bond acceptors (Lipinski definition) is 3. The van der Waals surface area contributed by atoms with Gasteiger partial charge in [0.2, 0.25) is 0 Å². The van der Waals surface area contributed by atoms with Crippen LogP contribution >= 0.6 is 0 Å². The van der Waals surface area contributed by atoms with Gasteiger partial charge in [0.05, 0.1) is 12.7 Å². The van der Waals surface area contributed by atoms with Gasteiger partial charge in [-0.05, 0) is 42.9 Å². The zero-order chi connectivity index (χ0) is 13.4. The van der Waals surface area contributed by atoms with Gasteiger partial charge in [-0.3, -0.25) is 4.90 Å². The van der Waals surface area contributed by atoms with Crippen molar-refractivity contribution < 1.29 is 13.9 Å². The second-order valence-electron chi connectivity index (χ2n) is 5.57. The van der Waals surface area contributed by atoms with Gasteiger partial charge in [0, 0.05) is 19.1 Å². The summed E-state index contributed by atoms with van der Waals surface area (Å²) in [6, 6.07) is 5.47. The predicted molar refractivity (Wildman–Crippen MR) is 69.3 cm³/mol. The first-order valence-corrected chi connectivity index (χ1v) is 6.78. The Morgan fingerprint density at radius 3 is 2.89 bits per heavy atom. The zero-order valence-corrected chi connectivity index (χ0v) is 11.1. The molecule has 1 saturated heterocycles. The summed E-state index contributed by atoms with van der Waals surface area (Å²) >= 11 is 0. The molecule has 1 aliphatic carbocycles. The molecule has 4 heteroatoms. The first kappa shape index (κ1) is 12.6. The van der Waals surface area contributed by atoms with Crippen molar-refractivity contribution in [3.8, 4) is 0 Å². The smallest absolute Gasteiger partial charge is 0.340 e. The summed E-state index contributed by atoms with van der Waals surface area (Å²) in [6.45, 7) is 1.91. The minimum Gasteiger partial charge on any atom is -0.465 e. The molecule has 2 aliphatic rings. The molecule has 0 radical (unpaired) electrons. The largest absolute Gasteiger partial charge is 0.465 e. The molecule has 3 nitrogen and oxygen atoms in total. The van der Waals surface area contributed by atoms with E-state index in [1.165, 1.54) is 38.5 Å². The Morgan fingerprint density at radius 2 is 2.32 bits per heavy atom. The van der Waals surface area contributed by atoms with E-state index >= 15 is 0 Å². The molecule has 102 valence electrons. The Kier molecular flexibility index (Phi) is 3.27. The molecule has 0 N–H and O–H groups in total. The molecule has 2 atom stereocenters. The lowest BCUT2D eigenvalue weighted by Crippen LogP contribution is -2.31. The number of carbonyl (C=O) groups is 1. The van der Waals surface area contributed by atoms with Crippen LogP contribution in [-0.2, 0) is 11.3 Å². The third-order valence-electron chi connectivity index (χ3n) is 4.35. The molecule has 1 aromatic carbocycles. The number of halogens is 1. The number of rotatable bonds is 3. The van der Waals surface area contributed by atoms with E-state index in [4.69, 9.17) is 0 Å². The number of fused-ring (bicyclic) bond motifs is 2. The number of carbonyl (C=O) groups excluding carboxylic acids is 1. The molecule has 2 fully saturated rings. The summed E-state index contributed by atoms with van der Waals surface area (Å²) in [4.78, 5) is 13.8.